The molecule has 0 bridgehead atoms. The zero-order chi connectivity index (χ0) is 12.8. The highest BCUT2D eigenvalue weighted by Gasteiger charge is 2.13. The molecule has 0 saturated carbocycles. The molecule has 2 heteroatoms. The molecule has 0 spiro atoms. The van der Waals surface area contributed by atoms with Crippen LogP contribution in [0.5, 0.6) is 0 Å². The van der Waals surface area contributed by atoms with Crippen LogP contribution in [0.4, 0.5) is 0 Å². The van der Waals surface area contributed by atoms with E-state index in [2.05, 4.69) is 78.0 Å². The summed E-state index contributed by atoms with van der Waals surface area (Å²) in [6, 6.07) is 19.0. The lowest BCUT2D eigenvalue weighted by atomic mass is 10.0. The van der Waals surface area contributed by atoms with Crippen molar-refractivity contribution in [1.29, 1.82) is 0 Å². The van der Waals surface area contributed by atoms with Crippen molar-refractivity contribution >= 4 is 22.6 Å². The Morgan fingerprint density at radius 2 is 1.56 bits per heavy atom. The molecule has 2 aromatic rings. The molecule has 0 amide bonds. The Morgan fingerprint density at radius 3 is 2.17 bits per heavy atom. The first-order valence-electron chi connectivity index (χ1n) is 6.10. The van der Waals surface area contributed by atoms with E-state index in [1.54, 1.807) is 0 Å². The van der Waals surface area contributed by atoms with E-state index in [4.69, 9.17) is 4.74 Å². The number of hydrogen-bond donors (Lipinski definition) is 0. The number of halogens is 1. The van der Waals surface area contributed by atoms with Gasteiger partial charge in [-0.15, -0.1) is 0 Å². The molecule has 0 unspecified atom stereocenters. The average molecular weight is 352 g/mol. The maximum Gasteiger partial charge on any atom is 0.108 e. The number of benzene rings is 2. The van der Waals surface area contributed by atoms with Crippen LogP contribution in [0.2, 0.25) is 0 Å². The van der Waals surface area contributed by atoms with E-state index in [1.165, 1.54) is 16.7 Å². The van der Waals surface area contributed by atoms with Crippen molar-refractivity contribution in [2.45, 2.75) is 13.0 Å². The third kappa shape index (κ3) is 3.56. The Hall–Kier alpha value is -0.870. The molecular weight excluding hydrogens is 335 g/mol. The lowest BCUT2D eigenvalue weighted by Gasteiger charge is -2.18. The minimum Gasteiger partial charge on any atom is -0.368 e. The smallest absolute Gasteiger partial charge is 0.108 e. The van der Waals surface area contributed by atoms with Crippen LogP contribution in [0.3, 0.4) is 0 Å². The Balaban J connectivity index is 2.27. The van der Waals surface area contributed by atoms with Gasteiger partial charge < -0.3 is 4.74 Å². The highest BCUT2D eigenvalue weighted by molar-refractivity contribution is 14.1. The second kappa shape index (κ2) is 6.90. The summed E-state index contributed by atoms with van der Waals surface area (Å²) in [5.41, 5.74) is 3.71. The first-order chi connectivity index (χ1) is 8.81. The average Bonchev–Trinajstić information content (AvgIpc) is 2.42. The van der Waals surface area contributed by atoms with Crippen molar-refractivity contribution in [1.82, 2.24) is 0 Å². The van der Waals surface area contributed by atoms with Gasteiger partial charge in [0.05, 0.1) is 6.61 Å². The number of rotatable bonds is 5. The zero-order valence-corrected chi connectivity index (χ0v) is 12.6. The van der Waals surface area contributed by atoms with E-state index < -0.39 is 0 Å². The predicted octanol–water partition coefficient (Wildman–Crippen LogP) is 4.54. The third-order valence-corrected chi connectivity index (χ3v) is 3.28. The standard InChI is InChI=1S/C16H17IO/c1-13-7-9-15(10-8-13)16(18-12-11-17)14-5-3-2-4-6-14/h2-10,16H,11-12H2,1H3/t16-/m0/s1. The van der Waals surface area contributed by atoms with Crippen molar-refractivity contribution in [3.8, 4) is 0 Å². The topological polar surface area (TPSA) is 9.23 Å². The minimum absolute atomic E-state index is 0.0431. The largest absolute Gasteiger partial charge is 0.368 e. The van der Waals surface area contributed by atoms with Crippen LogP contribution in [-0.2, 0) is 4.74 Å². The summed E-state index contributed by atoms with van der Waals surface area (Å²) in [4.78, 5) is 0. The zero-order valence-electron chi connectivity index (χ0n) is 10.5. The van der Waals surface area contributed by atoms with Gasteiger partial charge in [-0.3, -0.25) is 0 Å². The van der Waals surface area contributed by atoms with E-state index in [1.807, 2.05) is 6.07 Å². The van der Waals surface area contributed by atoms with E-state index in [0.717, 1.165) is 11.0 Å². The minimum atomic E-state index is 0.0431. The van der Waals surface area contributed by atoms with Crippen molar-refractivity contribution in [3.05, 3.63) is 71.3 Å². The third-order valence-electron chi connectivity index (χ3n) is 2.84. The molecule has 0 heterocycles. The van der Waals surface area contributed by atoms with E-state index >= 15 is 0 Å². The molecule has 1 atom stereocenters. The molecule has 0 aliphatic rings. The van der Waals surface area contributed by atoms with Crippen LogP contribution in [-0.4, -0.2) is 11.0 Å². The van der Waals surface area contributed by atoms with E-state index in [-0.39, 0.29) is 6.10 Å². The molecule has 0 aromatic heterocycles. The van der Waals surface area contributed by atoms with Gasteiger partial charge in [0.15, 0.2) is 0 Å². The maximum absolute atomic E-state index is 6.00. The van der Waals surface area contributed by atoms with Gasteiger partial charge in [0.2, 0.25) is 0 Å². The molecular formula is C16H17IO. The fourth-order valence-corrected chi connectivity index (χ4v) is 2.17. The molecule has 2 rings (SSSR count). The quantitative estimate of drug-likeness (QED) is 0.567. The molecule has 18 heavy (non-hydrogen) atoms. The summed E-state index contributed by atoms with van der Waals surface area (Å²) in [5, 5.41) is 0. The summed E-state index contributed by atoms with van der Waals surface area (Å²) in [5.74, 6) is 0. The Kier molecular flexibility index (Phi) is 5.20. The van der Waals surface area contributed by atoms with Gasteiger partial charge in [0.1, 0.15) is 6.10 Å². The number of aryl methyl sites for hydroxylation is 1. The van der Waals surface area contributed by atoms with Gasteiger partial charge in [-0.05, 0) is 18.1 Å². The van der Waals surface area contributed by atoms with Gasteiger partial charge in [-0.1, -0.05) is 82.8 Å². The summed E-state index contributed by atoms with van der Waals surface area (Å²) in [6.07, 6.45) is 0.0431. The van der Waals surface area contributed by atoms with Gasteiger partial charge in [-0.2, -0.15) is 0 Å². The van der Waals surface area contributed by atoms with Crippen LogP contribution in [0.15, 0.2) is 54.6 Å². The van der Waals surface area contributed by atoms with E-state index in [0.29, 0.717) is 0 Å². The molecule has 2 aromatic carbocycles. The van der Waals surface area contributed by atoms with Crippen LogP contribution < -0.4 is 0 Å². The fourth-order valence-electron chi connectivity index (χ4n) is 1.92. The van der Waals surface area contributed by atoms with Gasteiger partial charge in [0, 0.05) is 4.43 Å². The highest BCUT2D eigenvalue weighted by atomic mass is 127. The second-order valence-corrected chi connectivity index (χ2v) is 5.34. The summed E-state index contributed by atoms with van der Waals surface area (Å²) in [6.45, 7) is 2.88. The van der Waals surface area contributed by atoms with Crippen molar-refractivity contribution in [2.24, 2.45) is 0 Å². The van der Waals surface area contributed by atoms with Crippen LogP contribution >= 0.6 is 22.6 Å². The maximum atomic E-state index is 6.00. The normalized spacial score (nSPS) is 12.3. The van der Waals surface area contributed by atoms with Crippen molar-refractivity contribution in [3.63, 3.8) is 0 Å². The fraction of sp³-hybridized carbons (Fsp3) is 0.250. The van der Waals surface area contributed by atoms with E-state index in [9.17, 15) is 0 Å². The van der Waals surface area contributed by atoms with Crippen molar-refractivity contribution < 1.29 is 4.74 Å². The first kappa shape index (κ1) is 13.6. The summed E-state index contributed by atoms with van der Waals surface area (Å²) >= 11 is 2.34. The van der Waals surface area contributed by atoms with Crippen LogP contribution in [0, 0.1) is 6.92 Å². The molecule has 0 aliphatic heterocycles. The predicted molar refractivity (Wildman–Crippen MR) is 84.3 cm³/mol. The molecule has 0 N–H and O–H groups in total. The Morgan fingerprint density at radius 1 is 0.944 bits per heavy atom. The number of alkyl halides is 1. The van der Waals surface area contributed by atoms with Crippen LogP contribution in [0.1, 0.15) is 22.8 Å². The number of hydrogen-bond acceptors (Lipinski definition) is 1. The van der Waals surface area contributed by atoms with Crippen LogP contribution in [0.25, 0.3) is 0 Å². The lowest BCUT2D eigenvalue weighted by molar-refractivity contribution is 0.0948. The highest BCUT2D eigenvalue weighted by Crippen LogP contribution is 2.26. The molecule has 0 saturated heterocycles. The second-order valence-electron chi connectivity index (χ2n) is 4.26. The van der Waals surface area contributed by atoms with Crippen molar-refractivity contribution in [2.75, 3.05) is 11.0 Å². The molecule has 0 radical (unpaired) electrons. The Bertz CT molecular complexity index is 464. The van der Waals surface area contributed by atoms with Gasteiger partial charge in [-0.25, -0.2) is 0 Å². The lowest BCUT2D eigenvalue weighted by Crippen LogP contribution is -2.08. The molecule has 94 valence electrons. The number of ether oxygens (including phenoxy) is 1. The monoisotopic (exact) mass is 352 g/mol. The first-order valence-corrected chi connectivity index (χ1v) is 7.63. The van der Waals surface area contributed by atoms with Gasteiger partial charge in [0.25, 0.3) is 0 Å². The molecule has 0 aliphatic carbocycles. The summed E-state index contributed by atoms with van der Waals surface area (Å²) < 4.78 is 7.00. The molecule has 1 nitrogen and oxygen atoms in total. The SMILES string of the molecule is Cc1ccc([C@@H](OCCI)c2ccccc2)cc1. The molecule has 0 fully saturated rings. The summed E-state index contributed by atoms with van der Waals surface area (Å²) in [7, 11) is 0. The van der Waals surface area contributed by atoms with Gasteiger partial charge >= 0.3 is 0 Å². The Labute approximate surface area is 122 Å².